The number of aromatic nitrogens is 1. The lowest BCUT2D eigenvalue weighted by atomic mass is 10.2. The van der Waals surface area contributed by atoms with Gasteiger partial charge in [0.05, 0.1) is 32.7 Å². The lowest BCUT2D eigenvalue weighted by Crippen LogP contribution is -2.37. The van der Waals surface area contributed by atoms with E-state index >= 15 is 0 Å². The second-order valence-electron chi connectivity index (χ2n) is 8.87. The van der Waals surface area contributed by atoms with Crippen LogP contribution in [0, 0.1) is 0 Å². The number of carbonyl (C=O) groups excluding carboxylic acids is 1. The molecule has 1 amide bonds. The van der Waals surface area contributed by atoms with Crippen molar-refractivity contribution in [1.82, 2.24) is 9.29 Å². The van der Waals surface area contributed by atoms with Gasteiger partial charge in [0.2, 0.25) is 10.0 Å². The number of amides is 1. The number of anilines is 1. The van der Waals surface area contributed by atoms with Crippen LogP contribution in [0.1, 0.15) is 23.2 Å². The summed E-state index contributed by atoms with van der Waals surface area (Å²) in [7, 11) is -7.20. The highest BCUT2D eigenvalue weighted by molar-refractivity contribution is 7.90. The van der Waals surface area contributed by atoms with Crippen LogP contribution in [0.5, 0.6) is 0 Å². The molecule has 9 nitrogen and oxygen atoms in total. The van der Waals surface area contributed by atoms with E-state index in [2.05, 4.69) is 18.1 Å². The van der Waals surface area contributed by atoms with Crippen molar-refractivity contribution in [3.05, 3.63) is 73.3 Å². The average Bonchev–Trinajstić information content (AvgIpc) is 3.55. The minimum Gasteiger partial charge on any atom is -0.376 e. The number of hydrogen-bond donors (Lipinski definition) is 0. The van der Waals surface area contributed by atoms with Crippen LogP contribution in [-0.2, 0) is 24.6 Å². The molecule has 1 atom stereocenters. The maximum absolute atomic E-state index is 13.7. The Morgan fingerprint density at radius 1 is 1.08 bits per heavy atom. The van der Waals surface area contributed by atoms with Gasteiger partial charge in [0.25, 0.3) is 5.91 Å². The summed E-state index contributed by atoms with van der Waals surface area (Å²) >= 11 is 1.22. The molecule has 0 bridgehead atoms. The molecular formula is C26H29N3O6S3. The predicted molar refractivity (Wildman–Crippen MR) is 149 cm³/mol. The van der Waals surface area contributed by atoms with Crippen LogP contribution >= 0.6 is 11.3 Å². The third-order valence-electron chi connectivity index (χ3n) is 6.07. The number of thiazole rings is 1. The van der Waals surface area contributed by atoms with Gasteiger partial charge in [-0.2, -0.15) is 4.31 Å². The zero-order chi connectivity index (χ0) is 27.5. The third kappa shape index (κ3) is 6.05. The molecule has 0 radical (unpaired) electrons. The molecule has 0 N–H and O–H groups in total. The van der Waals surface area contributed by atoms with Crippen molar-refractivity contribution in [3.63, 3.8) is 0 Å². The molecule has 1 saturated heterocycles. The van der Waals surface area contributed by atoms with Crippen molar-refractivity contribution in [2.45, 2.75) is 28.7 Å². The SMILES string of the molecule is C=CCN(CC=C)S(=O)(=O)c1ccc(C(=O)N(CC2CCCO2)c2nc3ccc(S(C)(=O)=O)cc3s2)cc1. The van der Waals surface area contributed by atoms with E-state index in [-0.39, 0.29) is 47.0 Å². The fourth-order valence-corrected chi connectivity index (χ4v) is 7.23. The first-order chi connectivity index (χ1) is 18.0. The van der Waals surface area contributed by atoms with Crippen LogP contribution in [0.25, 0.3) is 10.2 Å². The van der Waals surface area contributed by atoms with Crippen molar-refractivity contribution in [1.29, 1.82) is 0 Å². The summed E-state index contributed by atoms with van der Waals surface area (Å²) in [6.07, 6.45) is 5.66. The van der Waals surface area contributed by atoms with Crippen LogP contribution in [-0.4, -0.2) is 70.6 Å². The van der Waals surface area contributed by atoms with Gasteiger partial charge in [-0.3, -0.25) is 9.69 Å². The first-order valence-corrected chi connectivity index (χ1v) is 16.1. The second kappa shape index (κ2) is 11.5. The number of sulfonamides is 1. The van der Waals surface area contributed by atoms with Gasteiger partial charge in [-0.05, 0) is 55.3 Å². The Bertz CT molecular complexity index is 1550. The lowest BCUT2D eigenvalue weighted by molar-refractivity contribution is 0.0917. The summed E-state index contributed by atoms with van der Waals surface area (Å²) in [5.41, 5.74) is 0.866. The van der Waals surface area contributed by atoms with E-state index in [4.69, 9.17) is 4.74 Å². The summed E-state index contributed by atoms with van der Waals surface area (Å²) in [6.45, 7) is 8.37. The number of carbonyl (C=O) groups is 1. The minimum atomic E-state index is -3.81. The van der Waals surface area contributed by atoms with Gasteiger partial charge in [0.1, 0.15) is 0 Å². The zero-order valence-electron chi connectivity index (χ0n) is 20.9. The number of hydrogen-bond acceptors (Lipinski definition) is 8. The molecule has 0 aliphatic carbocycles. The molecule has 38 heavy (non-hydrogen) atoms. The fraction of sp³-hybridized carbons (Fsp3) is 0.308. The monoisotopic (exact) mass is 575 g/mol. The van der Waals surface area contributed by atoms with Gasteiger partial charge < -0.3 is 4.74 Å². The summed E-state index contributed by atoms with van der Waals surface area (Å²) in [5.74, 6) is -0.360. The van der Waals surface area contributed by atoms with Crippen molar-refractivity contribution in [3.8, 4) is 0 Å². The Labute approximate surface area is 227 Å². The molecule has 1 aliphatic rings. The number of nitrogens with zero attached hydrogens (tertiary/aromatic N) is 3. The topological polar surface area (TPSA) is 114 Å². The average molecular weight is 576 g/mol. The van der Waals surface area contributed by atoms with Gasteiger partial charge in [-0.15, -0.1) is 13.2 Å². The van der Waals surface area contributed by atoms with Crippen molar-refractivity contribution >= 4 is 52.5 Å². The summed E-state index contributed by atoms with van der Waals surface area (Å²) in [6, 6.07) is 10.4. The molecule has 3 aromatic rings. The molecule has 0 saturated carbocycles. The normalized spacial score (nSPS) is 16.1. The number of benzene rings is 2. The van der Waals surface area contributed by atoms with Gasteiger partial charge in [0, 0.05) is 31.5 Å². The van der Waals surface area contributed by atoms with Crippen molar-refractivity contribution < 1.29 is 26.4 Å². The Morgan fingerprint density at radius 3 is 2.32 bits per heavy atom. The van der Waals surface area contributed by atoms with Crippen LogP contribution in [0.4, 0.5) is 5.13 Å². The third-order valence-corrected chi connectivity index (χ3v) is 10.1. The van der Waals surface area contributed by atoms with E-state index in [1.165, 1.54) is 63.0 Å². The smallest absolute Gasteiger partial charge is 0.260 e. The zero-order valence-corrected chi connectivity index (χ0v) is 23.4. The van der Waals surface area contributed by atoms with Crippen LogP contribution in [0.2, 0.25) is 0 Å². The molecule has 4 rings (SSSR count). The fourth-order valence-electron chi connectivity index (χ4n) is 4.11. The largest absolute Gasteiger partial charge is 0.376 e. The van der Waals surface area contributed by atoms with Gasteiger partial charge in [-0.1, -0.05) is 23.5 Å². The second-order valence-corrected chi connectivity index (χ2v) is 13.8. The minimum absolute atomic E-state index is 0.0525. The molecule has 1 fully saturated rings. The first-order valence-electron chi connectivity index (χ1n) is 11.9. The standard InChI is InChI=1S/C26H29N3O6S3/c1-4-14-28(15-5-2)38(33,34)21-10-8-19(9-11-21)25(30)29(18-20-7-6-16-35-20)26-27-23-13-12-22(37(3,31)32)17-24(23)36-26/h4-5,8-13,17,20H,1-2,6-7,14-16,18H2,3H3. The maximum Gasteiger partial charge on any atom is 0.260 e. The number of sulfone groups is 1. The highest BCUT2D eigenvalue weighted by atomic mass is 32.2. The Morgan fingerprint density at radius 2 is 1.74 bits per heavy atom. The van der Waals surface area contributed by atoms with E-state index in [1.54, 1.807) is 12.1 Å². The molecule has 2 aromatic carbocycles. The summed E-state index contributed by atoms with van der Waals surface area (Å²) in [4.78, 5) is 20.0. The molecule has 1 aliphatic heterocycles. The summed E-state index contributed by atoms with van der Waals surface area (Å²) < 4.78 is 57.7. The lowest BCUT2D eigenvalue weighted by Gasteiger charge is -2.23. The molecule has 1 aromatic heterocycles. The number of ether oxygens (including phenoxy) is 1. The molecule has 12 heteroatoms. The van der Waals surface area contributed by atoms with E-state index in [9.17, 15) is 21.6 Å². The van der Waals surface area contributed by atoms with Gasteiger partial charge in [0.15, 0.2) is 15.0 Å². The number of fused-ring (bicyclic) bond motifs is 1. The summed E-state index contributed by atoms with van der Waals surface area (Å²) in [5, 5.41) is 0.408. The van der Waals surface area contributed by atoms with Gasteiger partial charge >= 0.3 is 0 Å². The highest BCUT2D eigenvalue weighted by Gasteiger charge is 2.28. The van der Waals surface area contributed by atoms with E-state index in [1.807, 2.05) is 0 Å². The molecular weight excluding hydrogens is 547 g/mol. The Balaban J connectivity index is 1.67. The van der Waals surface area contributed by atoms with Crippen molar-refractivity contribution in [2.24, 2.45) is 0 Å². The number of rotatable bonds is 11. The van der Waals surface area contributed by atoms with E-state index < -0.39 is 19.9 Å². The molecule has 2 heterocycles. The van der Waals surface area contributed by atoms with Crippen LogP contribution < -0.4 is 4.90 Å². The maximum atomic E-state index is 13.7. The Hall–Kier alpha value is -2.90. The molecule has 1 unspecified atom stereocenters. The van der Waals surface area contributed by atoms with Crippen molar-refractivity contribution in [2.75, 3.05) is 37.4 Å². The highest BCUT2D eigenvalue weighted by Crippen LogP contribution is 2.32. The van der Waals surface area contributed by atoms with E-state index in [0.29, 0.717) is 22.0 Å². The molecule has 0 spiro atoms. The first kappa shape index (κ1) is 28.1. The van der Waals surface area contributed by atoms with Crippen LogP contribution in [0.3, 0.4) is 0 Å². The van der Waals surface area contributed by atoms with Crippen LogP contribution in [0.15, 0.2) is 77.6 Å². The van der Waals surface area contributed by atoms with E-state index in [0.717, 1.165) is 19.1 Å². The Kier molecular flexibility index (Phi) is 8.48. The molecule has 202 valence electrons. The van der Waals surface area contributed by atoms with Gasteiger partial charge in [-0.25, -0.2) is 21.8 Å². The predicted octanol–water partition coefficient (Wildman–Crippen LogP) is 3.89. The quantitative estimate of drug-likeness (QED) is 0.319.